The van der Waals surface area contributed by atoms with Crippen molar-refractivity contribution < 1.29 is 24.2 Å². The van der Waals surface area contributed by atoms with Gasteiger partial charge in [-0.25, -0.2) is 9.48 Å². The second kappa shape index (κ2) is 5.92. The second-order valence-corrected chi connectivity index (χ2v) is 5.61. The summed E-state index contributed by atoms with van der Waals surface area (Å²) in [6.45, 7) is 0.0806. The van der Waals surface area contributed by atoms with Crippen LogP contribution in [0.2, 0.25) is 0 Å². The molecule has 2 aromatic carbocycles. The van der Waals surface area contributed by atoms with E-state index in [4.69, 9.17) is 20.3 Å². The Balaban J connectivity index is 1.74. The molecule has 0 unspecified atom stereocenters. The lowest BCUT2D eigenvalue weighted by molar-refractivity contribution is 0.0696. The number of carbonyl (C=O) groups excluding carboxylic acids is 1. The number of fused-ring (bicyclic) bond motifs is 1. The highest BCUT2D eigenvalue weighted by molar-refractivity contribution is 5.97. The van der Waals surface area contributed by atoms with Crippen molar-refractivity contribution in [3.05, 3.63) is 59.8 Å². The molecule has 1 aliphatic rings. The number of benzene rings is 2. The molecule has 0 saturated heterocycles. The van der Waals surface area contributed by atoms with E-state index in [9.17, 15) is 9.59 Å². The first-order valence-electron chi connectivity index (χ1n) is 7.66. The molecular weight excluding hydrogens is 338 g/mol. The Labute approximate surface area is 147 Å². The van der Waals surface area contributed by atoms with Gasteiger partial charge in [-0.3, -0.25) is 4.79 Å². The number of rotatable bonds is 4. The van der Waals surface area contributed by atoms with Crippen molar-refractivity contribution in [2.24, 2.45) is 5.73 Å². The maximum absolute atomic E-state index is 11.8. The summed E-state index contributed by atoms with van der Waals surface area (Å²) in [6.07, 6.45) is 1.68. The Morgan fingerprint density at radius 3 is 2.42 bits per heavy atom. The number of hydrogen-bond acceptors (Lipinski definition) is 5. The lowest BCUT2D eigenvalue weighted by atomic mass is 10.1. The zero-order chi connectivity index (χ0) is 18.3. The topological polar surface area (TPSA) is 117 Å². The molecular formula is C18H13N3O5. The quantitative estimate of drug-likeness (QED) is 0.743. The van der Waals surface area contributed by atoms with E-state index < -0.39 is 11.9 Å². The van der Waals surface area contributed by atoms with E-state index in [0.29, 0.717) is 22.9 Å². The Bertz CT molecular complexity index is 1020. The van der Waals surface area contributed by atoms with Crippen LogP contribution in [0.4, 0.5) is 0 Å². The van der Waals surface area contributed by atoms with E-state index in [2.05, 4.69) is 5.10 Å². The van der Waals surface area contributed by atoms with Crippen LogP contribution in [-0.4, -0.2) is 33.6 Å². The number of aromatic nitrogens is 2. The Morgan fingerprint density at radius 2 is 1.77 bits per heavy atom. The van der Waals surface area contributed by atoms with Gasteiger partial charge >= 0.3 is 5.97 Å². The highest BCUT2D eigenvalue weighted by Gasteiger charge is 2.21. The molecule has 1 aliphatic heterocycles. The van der Waals surface area contributed by atoms with Crippen molar-refractivity contribution in [2.75, 3.05) is 6.79 Å². The minimum absolute atomic E-state index is 0.0806. The van der Waals surface area contributed by atoms with Gasteiger partial charge in [0.2, 0.25) is 6.79 Å². The SMILES string of the molecule is NC(=O)c1cc2c(cc1-n1ccc(-c3ccc(C(=O)O)cc3)n1)OCO2. The van der Waals surface area contributed by atoms with Crippen molar-refractivity contribution in [1.29, 1.82) is 0 Å². The fourth-order valence-electron chi connectivity index (χ4n) is 2.71. The van der Waals surface area contributed by atoms with Crippen LogP contribution in [0.25, 0.3) is 16.9 Å². The summed E-state index contributed by atoms with van der Waals surface area (Å²) in [5, 5.41) is 13.4. The van der Waals surface area contributed by atoms with Crippen LogP contribution in [0.5, 0.6) is 11.5 Å². The summed E-state index contributed by atoms with van der Waals surface area (Å²) in [5.74, 6) is -0.637. The van der Waals surface area contributed by atoms with Crippen LogP contribution in [0.3, 0.4) is 0 Å². The predicted octanol–water partition coefficient (Wildman–Crippen LogP) is 2.07. The Morgan fingerprint density at radius 1 is 1.08 bits per heavy atom. The zero-order valence-corrected chi connectivity index (χ0v) is 13.4. The molecule has 0 aliphatic carbocycles. The molecule has 26 heavy (non-hydrogen) atoms. The number of carbonyl (C=O) groups is 2. The number of hydrogen-bond donors (Lipinski definition) is 2. The van der Waals surface area contributed by atoms with E-state index in [1.54, 1.807) is 30.5 Å². The molecule has 3 aromatic rings. The molecule has 2 heterocycles. The van der Waals surface area contributed by atoms with Crippen LogP contribution >= 0.6 is 0 Å². The second-order valence-electron chi connectivity index (χ2n) is 5.61. The summed E-state index contributed by atoms with van der Waals surface area (Å²) in [7, 11) is 0. The van der Waals surface area contributed by atoms with Crippen LogP contribution in [0.1, 0.15) is 20.7 Å². The highest BCUT2D eigenvalue weighted by Crippen LogP contribution is 2.36. The zero-order valence-electron chi connectivity index (χ0n) is 13.4. The summed E-state index contributed by atoms with van der Waals surface area (Å²) in [6, 6.07) is 11.3. The van der Waals surface area contributed by atoms with Gasteiger partial charge in [-0.1, -0.05) is 12.1 Å². The number of nitrogens with zero attached hydrogens (tertiary/aromatic N) is 2. The van der Waals surface area contributed by atoms with Crippen molar-refractivity contribution in [1.82, 2.24) is 9.78 Å². The standard InChI is InChI=1S/C18H13N3O5/c19-17(22)12-7-15-16(26-9-25-15)8-14(12)21-6-5-13(20-21)10-1-3-11(4-2-10)18(23)24/h1-8H,9H2,(H2,19,22)(H,23,24). The number of aromatic carboxylic acids is 1. The summed E-state index contributed by atoms with van der Waals surface area (Å²) >= 11 is 0. The largest absolute Gasteiger partial charge is 0.478 e. The number of amides is 1. The third kappa shape index (κ3) is 2.63. The first-order valence-corrected chi connectivity index (χ1v) is 7.66. The highest BCUT2D eigenvalue weighted by atomic mass is 16.7. The molecule has 0 bridgehead atoms. The van der Waals surface area contributed by atoms with E-state index in [0.717, 1.165) is 5.56 Å². The summed E-state index contributed by atoms with van der Waals surface area (Å²) < 4.78 is 12.1. The molecule has 8 heteroatoms. The molecule has 1 aromatic heterocycles. The van der Waals surface area contributed by atoms with Gasteiger partial charge in [0.25, 0.3) is 5.91 Å². The van der Waals surface area contributed by atoms with Gasteiger partial charge < -0.3 is 20.3 Å². The van der Waals surface area contributed by atoms with Gasteiger partial charge in [0.15, 0.2) is 11.5 Å². The predicted molar refractivity (Wildman–Crippen MR) is 90.6 cm³/mol. The maximum Gasteiger partial charge on any atom is 0.335 e. The third-order valence-corrected chi connectivity index (χ3v) is 4.02. The number of carboxylic acid groups (broad SMARTS) is 1. The molecule has 0 fully saturated rings. The van der Waals surface area contributed by atoms with E-state index >= 15 is 0 Å². The molecule has 0 spiro atoms. The number of primary amides is 1. The smallest absolute Gasteiger partial charge is 0.335 e. The minimum Gasteiger partial charge on any atom is -0.478 e. The van der Waals surface area contributed by atoms with Gasteiger partial charge in [0.05, 0.1) is 22.5 Å². The molecule has 0 saturated carbocycles. The molecule has 3 N–H and O–H groups in total. The monoisotopic (exact) mass is 351 g/mol. The van der Waals surface area contributed by atoms with Crippen LogP contribution in [0, 0.1) is 0 Å². The molecule has 0 radical (unpaired) electrons. The van der Waals surface area contributed by atoms with Crippen molar-refractivity contribution >= 4 is 11.9 Å². The van der Waals surface area contributed by atoms with Gasteiger partial charge in [-0.15, -0.1) is 0 Å². The van der Waals surface area contributed by atoms with Crippen molar-refractivity contribution in [3.8, 4) is 28.4 Å². The van der Waals surface area contributed by atoms with Gasteiger partial charge in [0, 0.05) is 17.8 Å². The van der Waals surface area contributed by atoms with E-state index in [1.165, 1.54) is 22.9 Å². The first kappa shape index (κ1) is 15.7. The van der Waals surface area contributed by atoms with Crippen LogP contribution < -0.4 is 15.2 Å². The molecule has 0 atom stereocenters. The van der Waals surface area contributed by atoms with Gasteiger partial charge in [0.1, 0.15) is 0 Å². The number of nitrogens with two attached hydrogens (primary N) is 1. The van der Waals surface area contributed by atoms with Gasteiger partial charge in [-0.05, 0) is 24.3 Å². The average molecular weight is 351 g/mol. The van der Waals surface area contributed by atoms with Crippen LogP contribution in [0.15, 0.2) is 48.7 Å². The fraction of sp³-hybridized carbons (Fsp3) is 0.0556. The van der Waals surface area contributed by atoms with Crippen molar-refractivity contribution in [3.63, 3.8) is 0 Å². The average Bonchev–Trinajstić information content (AvgIpc) is 3.29. The molecule has 1 amide bonds. The molecule has 8 nitrogen and oxygen atoms in total. The lowest BCUT2D eigenvalue weighted by Gasteiger charge is -2.08. The summed E-state index contributed by atoms with van der Waals surface area (Å²) in [4.78, 5) is 22.7. The summed E-state index contributed by atoms with van der Waals surface area (Å²) in [5.41, 5.74) is 7.76. The molecule has 130 valence electrons. The van der Waals surface area contributed by atoms with Crippen molar-refractivity contribution in [2.45, 2.75) is 0 Å². The number of carboxylic acids is 1. The Hall–Kier alpha value is -3.81. The number of ether oxygens (including phenoxy) is 2. The Kier molecular flexibility index (Phi) is 3.58. The van der Waals surface area contributed by atoms with E-state index in [1.807, 2.05) is 0 Å². The lowest BCUT2D eigenvalue weighted by Crippen LogP contribution is -2.15. The molecule has 4 rings (SSSR count). The fourth-order valence-corrected chi connectivity index (χ4v) is 2.71. The van der Waals surface area contributed by atoms with E-state index in [-0.39, 0.29) is 17.9 Å². The van der Waals surface area contributed by atoms with Gasteiger partial charge in [-0.2, -0.15) is 5.10 Å². The third-order valence-electron chi connectivity index (χ3n) is 4.02. The normalized spacial score (nSPS) is 12.2. The maximum atomic E-state index is 11.8. The van der Waals surface area contributed by atoms with Crippen LogP contribution in [-0.2, 0) is 0 Å². The first-order chi connectivity index (χ1) is 12.5. The minimum atomic E-state index is -0.992.